The maximum atomic E-state index is 11.9. The quantitative estimate of drug-likeness (QED) is 0.577. The average Bonchev–Trinajstić information content (AvgIpc) is 2.42. The van der Waals surface area contributed by atoms with Gasteiger partial charge in [-0.25, -0.2) is 0 Å². The van der Waals surface area contributed by atoms with Crippen molar-refractivity contribution < 1.29 is 19.1 Å². The van der Waals surface area contributed by atoms with Gasteiger partial charge in [0.2, 0.25) is 11.8 Å². The summed E-state index contributed by atoms with van der Waals surface area (Å²) in [4.78, 5) is 37.4. The zero-order valence-corrected chi connectivity index (χ0v) is 12.8. The van der Waals surface area contributed by atoms with E-state index in [1.165, 1.54) is 12.0 Å². The summed E-state index contributed by atoms with van der Waals surface area (Å²) in [5, 5.41) is 2.71. The van der Waals surface area contributed by atoms with E-state index in [9.17, 15) is 14.4 Å². The number of methoxy groups -OCH3 is 1. The molecule has 0 rings (SSSR count). The maximum absolute atomic E-state index is 11.9. The number of nitrogens with one attached hydrogen (secondary N) is 1. The second kappa shape index (κ2) is 10.2. The summed E-state index contributed by atoms with van der Waals surface area (Å²) in [6.07, 6.45) is 1.10. The van der Waals surface area contributed by atoms with E-state index in [1.54, 1.807) is 19.0 Å². The van der Waals surface area contributed by atoms with Crippen LogP contribution >= 0.6 is 0 Å². The number of ether oxygens (including phenoxy) is 1. The van der Waals surface area contributed by atoms with Gasteiger partial charge in [-0.15, -0.1) is 0 Å². The Balaban J connectivity index is 3.99. The second-order valence-electron chi connectivity index (χ2n) is 4.66. The number of amides is 2. The van der Waals surface area contributed by atoms with Crippen molar-refractivity contribution in [1.29, 1.82) is 0 Å². The Morgan fingerprint density at radius 1 is 1.15 bits per heavy atom. The molecule has 0 aliphatic carbocycles. The third-order valence-electron chi connectivity index (χ3n) is 2.71. The first-order valence-electron chi connectivity index (χ1n) is 6.66. The van der Waals surface area contributed by atoms with Gasteiger partial charge in [-0.2, -0.15) is 0 Å². The minimum absolute atomic E-state index is 0.0453. The molecule has 0 heterocycles. The van der Waals surface area contributed by atoms with E-state index in [4.69, 9.17) is 0 Å². The van der Waals surface area contributed by atoms with E-state index in [0.29, 0.717) is 13.1 Å². The summed E-state index contributed by atoms with van der Waals surface area (Å²) in [6.45, 7) is 3.22. The SMILES string of the molecule is CCCNC(=O)CN(C)C(=O)CN(C)CCC(=O)OC. The maximum Gasteiger partial charge on any atom is 0.306 e. The predicted octanol–water partition coefficient (Wildman–Crippen LogP) is -0.534. The number of carbonyl (C=O) groups is 3. The van der Waals surface area contributed by atoms with Gasteiger partial charge in [0, 0.05) is 20.1 Å². The van der Waals surface area contributed by atoms with Gasteiger partial charge in [-0.1, -0.05) is 6.92 Å². The highest BCUT2D eigenvalue weighted by molar-refractivity contribution is 5.85. The third-order valence-corrected chi connectivity index (χ3v) is 2.71. The van der Waals surface area contributed by atoms with E-state index in [1.807, 2.05) is 6.92 Å². The molecule has 20 heavy (non-hydrogen) atoms. The minimum Gasteiger partial charge on any atom is -0.469 e. The lowest BCUT2D eigenvalue weighted by Gasteiger charge is -2.21. The highest BCUT2D eigenvalue weighted by Gasteiger charge is 2.15. The molecule has 0 saturated carbocycles. The number of nitrogens with zero attached hydrogens (tertiary/aromatic N) is 2. The topological polar surface area (TPSA) is 79.0 Å². The molecule has 7 heteroatoms. The van der Waals surface area contributed by atoms with Crippen LogP contribution in [0.5, 0.6) is 0 Å². The minimum atomic E-state index is -0.309. The Bertz CT molecular complexity index is 334. The summed E-state index contributed by atoms with van der Waals surface area (Å²) in [7, 11) is 4.66. The number of rotatable bonds is 9. The first-order chi connectivity index (χ1) is 9.40. The fraction of sp³-hybridized carbons (Fsp3) is 0.769. The molecule has 0 unspecified atom stereocenters. The number of carbonyl (C=O) groups excluding carboxylic acids is 3. The van der Waals surface area contributed by atoms with Gasteiger partial charge < -0.3 is 15.0 Å². The molecule has 0 aromatic carbocycles. The highest BCUT2D eigenvalue weighted by atomic mass is 16.5. The lowest BCUT2D eigenvalue weighted by atomic mass is 10.3. The molecule has 2 amide bonds. The molecule has 0 aromatic rings. The first-order valence-corrected chi connectivity index (χ1v) is 6.66. The summed E-state index contributed by atoms with van der Waals surface area (Å²) in [5.74, 6) is -0.638. The summed E-state index contributed by atoms with van der Waals surface area (Å²) in [6, 6.07) is 0. The van der Waals surface area contributed by atoms with Crippen molar-refractivity contribution in [3.8, 4) is 0 Å². The Kier molecular flexibility index (Phi) is 9.36. The van der Waals surface area contributed by atoms with Gasteiger partial charge in [0.1, 0.15) is 0 Å². The van der Waals surface area contributed by atoms with Crippen LogP contribution in [0.2, 0.25) is 0 Å². The first kappa shape index (κ1) is 18.4. The van der Waals surface area contributed by atoms with Crippen molar-refractivity contribution in [1.82, 2.24) is 15.1 Å². The van der Waals surface area contributed by atoms with Crippen molar-refractivity contribution in [3.05, 3.63) is 0 Å². The van der Waals surface area contributed by atoms with E-state index in [-0.39, 0.29) is 37.3 Å². The van der Waals surface area contributed by atoms with Crippen molar-refractivity contribution in [2.75, 3.05) is 47.4 Å². The van der Waals surface area contributed by atoms with Crippen LogP contribution in [0, 0.1) is 0 Å². The lowest BCUT2D eigenvalue weighted by Crippen LogP contribution is -2.42. The Hall–Kier alpha value is -1.63. The van der Waals surface area contributed by atoms with Crippen LogP contribution in [-0.2, 0) is 19.1 Å². The zero-order chi connectivity index (χ0) is 15.5. The molecule has 116 valence electrons. The second-order valence-corrected chi connectivity index (χ2v) is 4.66. The Morgan fingerprint density at radius 3 is 2.35 bits per heavy atom. The summed E-state index contributed by atoms with van der Waals surface area (Å²) < 4.78 is 4.53. The van der Waals surface area contributed by atoms with E-state index < -0.39 is 0 Å². The number of esters is 1. The molecule has 0 saturated heterocycles. The highest BCUT2D eigenvalue weighted by Crippen LogP contribution is 1.93. The van der Waals surface area contributed by atoms with Crippen LogP contribution < -0.4 is 5.32 Å². The zero-order valence-electron chi connectivity index (χ0n) is 12.8. The monoisotopic (exact) mass is 287 g/mol. The smallest absolute Gasteiger partial charge is 0.306 e. The lowest BCUT2D eigenvalue weighted by molar-refractivity contribution is -0.141. The van der Waals surface area contributed by atoms with Crippen molar-refractivity contribution in [3.63, 3.8) is 0 Å². The molecule has 0 aliphatic rings. The van der Waals surface area contributed by atoms with Gasteiger partial charge in [-0.3, -0.25) is 19.3 Å². The molecule has 0 spiro atoms. The van der Waals surface area contributed by atoms with E-state index >= 15 is 0 Å². The van der Waals surface area contributed by atoms with Crippen LogP contribution in [0.15, 0.2) is 0 Å². The third kappa shape index (κ3) is 8.47. The van der Waals surface area contributed by atoms with Crippen LogP contribution in [0.4, 0.5) is 0 Å². The number of hydrogen-bond acceptors (Lipinski definition) is 5. The summed E-state index contributed by atoms with van der Waals surface area (Å²) in [5.41, 5.74) is 0. The van der Waals surface area contributed by atoms with Gasteiger partial charge in [-0.05, 0) is 13.5 Å². The fourth-order valence-corrected chi connectivity index (χ4v) is 1.44. The standard InChI is InChI=1S/C13H25N3O4/c1-5-7-14-11(17)9-16(3)12(18)10-15(2)8-6-13(19)20-4/h5-10H2,1-4H3,(H,14,17). The summed E-state index contributed by atoms with van der Waals surface area (Å²) >= 11 is 0. The van der Waals surface area contributed by atoms with E-state index in [2.05, 4.69) is 10.1 Å². The van der Waals surface area contributed by atoms with Crippen molar-refractivity contribution in [2.45, 2.75) is 19.8 Å². The fourth-order valence-electron chi connectivity index (χ4n) is 1.44. The molecular formula is C13H25N3O4. The van der Waals surface area contributed by atoms with Gasteiger partial charge in [0.15, 0.2) is 0 Å². The van der Waals surface area contributed by atoms with Crippen LogP contribution in [-0.4, -0.2) is 75.0 Å². The molecule has 0 fully saturated rings. The molecule has 1 N–H and O–H groups in total. The molecule has 0 aromatic heterocycles. The van der Waals surface area contributed by atoms with Crippen LogP contribution in [0.3, 0.4) is 0 Å². The molecule has 0 atom stereocenters. The van der Waals surface area contributed by atoms with Crippen molar-refractivity contribution >= 4 is 17.8 Å². The van der Waals surface area contributed by atoms with Crippen molar-refractivity contribution in [2.24, 2.45) is 0 Å². The molecule has 7 nitrogen and oxygen atoms in total. The van der Waals surface area contributed by atoms with Gasteiger partial charge >= 0.3 is 5.97 Å². The average molecular weight is 287 g/mol. The number of likely N-dealkylation sites (N-methyl/N-ethyl adjacent to an activating group) is 2. The number of hydrogen-bond donors (Lipinski definition) is 1. The molecule has 0 bridgehead atoms. The molecular weight excluding hydrogens is 262 g/mol. The van der Waals surface area contributed by atoms with Crippen LogP contribution in [0.25, 0.3) is 0 Å². The Morgan fingerprint density at radius 2 is 1.80 bits per heavy atom. The largest absolute Gasteiger partial charge is 0.469 e. The predicted molar refractivity (Wildman–Crippen MR) is 75.1 cm³/mol. The van der Waals surface area contributed by atoms with Gasteiger partial charge in [0.05, 0.1) is 26.6 Å². The normalized spacial score (nSPS) is 10.2. The van der Waals surface area contributed by atoms with Gasteiger partial charge in [0.25, 0.3) is 0 Å². The Labute approximate surface area is 120 Å². The molecule has 0 radical (unpaired) electrons. The van der Waals surface area contributed by atoms with E-state index in [0.717, 1.165) is 6.42 Å². The van der Waals surface area contributed by atoms with Crippen LogP contribution in [0.1, 0.15) is 19.8 Å². The molecule has 0 aliphatic heterocycles.